The highest BCUT2D eigenvalue weighted by atomic mass is 16.2. The molecule has 1 heterocycles. The van der Waals surface area contributed by atoms with Crippen molar-refractivity contribution in [1.29, 1.82) is 5.26 Å². The third-order valence-electron chi connectivity index (χ3n) is 3.44. The fraction of sp³-hybridized carbons (Fsp3) is 0.400. The van der Waals surface area contributed by atoms with Gasteiger partial charge in [-0.25, -0.2) is 0 Å². The standard InChI is InChI=1S/C15H17N3O2/c1-11(2)12-3-5-13(6-4-12)18-10-9-17(8-7-16)14(19)15(18)20/h3-6,11H,8-10H2,1-2H3. The van der Waals surface area contributed by atoms with Crippen LogP contribution in [0.1, 0.15) is 25.3 Å². The molecule has 0 N–H and O–H groups in total. The molecule has 104 valence electrons. The van der Waals surface area contributed by atoms with Gasteiger partial charge in [0.25, 0.3) is 0 Å². The van der Waals surface area contributed by atoms with Crippen LogP contribution in [0.15, 0.2) is 24.3 Å². The van der Waals surface area contributed by atoms with Crippen molar-refractivity contribution in [3.05, 3.63) is 29.8 Å². The molecule has 5 nitrogen and oxygen atoms in total. The van der Waals surface area contributed by atoms with Crippen molar-refractivity contribution < 1.29 is 9.59 Å². The highest BCUT2D eigenvalue weighted by Gasteiger charge is 2.33. The van der Waals surface area contributed by atoms with Crippen LogP contribution in [0.25, 0.3) is 0 Å². The lowest BCUT2D eigenvalue weighted by atomic mass is 10.0. The lowest BCUT2D eigenvalue weighted by Crippen LogP contribution is -2.54. The fourth-order valence-corrected chi connectivity index (χ4v) is 2.20. The largest absolute Gasteiger partial charge is 0.319 e. The van der Waals surface area contributed by atoms with Crippen LogP contribution in [-0.4, -0.2) is 36.3 Å². The molecule has 5 heteroatoms. The van der Waals surface area contributed by atoms with Crippen LogP contribution in [0.4, 0.5) is 5.69 Å². The van der Waals surface area contributed by atoms with E-state index in [0.717, 1.165) is 5.69 Å². The molecule has 2 amide bonds. The molecule has 1 fully saturated rings. The summed E-state index contributed by atoms with van der Waals surface area (Å²) in [5, 5.41) is 8.62. The molecule has 1 aromatic rings. The maximum Gasteiger partial charge on any atom is 0.316 e. The highest BCUT2D eigenvalue weighted by Crippen LogP contribution is 2.21. The zero-order valence-electron chi connectivity index (χ0n) is 11.7. The van der Waals surface area contributed by atoms with Gasteiger partial charge in [0, 0.05) is 18.8 Å². The second kappa shape index (κ2) is 5.74. The normalized spacial score (nSPS) is 15.7. The average molecular weight is 271 g/mol. The maximum atomic E-state index is 12.1. The van der Waals surface area contributed by atoms with Gasteiger partial charge in [0.1, 0.15) is 6.54 Å². The maximum absolute atomic E-state index is 12.1. The zero-order valence-corrected chi connectivity index (χ0v) is 11.7. The number of benzene rings is 1. The number of anilines is 1. The van der Waals surface area contributed by atoms with Crippen LogP contribution in [0.2, 0.25) is 0 Å². The molecular formula is C15H17N3O2. The summed E-state index contributed by atoms with van der Waals surface area (Å²) in [6, 6.07) is 9.56. The van der Waals surface area contributed by atoms with Crippen molar-refractivity contribution in [2.75, 3.05) is 24.5 Å². The van der Waals surface area contributed by atoms with E-state index in [4.69, 9.17) is 5.26 Å². The molecule has 0 radical (unpaired) electrons. The van der Waals surface area contributed by atoms with Crippen LogP contribution < -0.4 is 4.90 Å². The number of piperazine rings is 1. The second-order valence-corrected chi connectivity index (χ2v) is 5.09. The van der Waals surface area contributed by atoms with E-state index in [1.165, 1.54) is 15.4 Å². The predicted molar refractivity (Wildman–Crippen MR) is 75.1 cm³/mol. The van der Waals surface area contributed by atoms with Crippen LogP contribution in [0.5, 0.6) is 0 Å². The van der Waals surface area contributed by atoms with E-state index in [0.29, 0.717) is 19.0 Å². The SMILES string of the molecule is CC(C)c1ccc(N2CCN(CC#N)C(=O)C2=O)cc1. The van der Waals surface area contributed by atoms with Gasteiger partial charge in [0.05, 0.1) is 6.07 Å². The quantitative estimate of drug-likeness (QED) is 0.618. The van der Waals surface area contributed by atoms with Crippen molar-refractivity contribution in [2.45, 2.75) is 19.8 Å². The average Bonchev–Trinajstić information content (AvgIpc) is 2.44. The first-order valence-electron chi connectivity index (χ1n) is 6.62. The van der Waals surface area contributed by atoms with Gasteiger partial charge in [0.15, 0.2) is 0 Å². The van der Waals surface area contributed by atoms with E-state index >= 15 is 0 Å². The van der Waals surface area contributed by atoms with Crippen molar-refractivity contribution >= 4 is 17.5 Å². The molecule has 1 saturated heterocycles. The van der Waals surface area contributed by atoms with E-state index < -0.39 is 11.8 Å². The number of amides is 2. The lowest BCUT2D eigenvalue weighted by Gasteiger charge is -2.32. The first kappa shape index (κ1) is 14.1. The van der Waals surface area contributed by atoms with Crippen molar-refractivity contribution in [1.82, 2.24) is 4.90 Å². The van der Waals surface area contributed by atoms with E-state index in [9.17, 15) is 9.59 Å². The van der Waals surface area contributed by atoms with Crippen LogP contribution in [0, 0.1) is 11.3 Å². The Hall–Kier alpha value is -2.35. The summed E-state index contributed by atoms with van der Waals surface area (Å²) in [6.45, 7) is 4.98. The molecule has 0 aliphatic carbocycles. The molecule has 0 spiro atoms. The minimum atomic E-state index is -0.606. The van der Waals surface area contributed by atoms with Gasteiger partial charge < -0.3 is 9.80 Å². The molecule has 0 bridgehead atoms. The number of nitrogens with zero attached hydrogens (tertiary/aromatic N) is 3. The van der Waals surface area contributed by atoms with Gasteiger partial charge in [-0.1, -0.05) is 26.0 Å². The van der Waals surface area contributed by atoms with Gasteiger partial charge in [-0.15, -0.1) is 0 Å². The molecule has 20 heavy (non-hydrogen) atoms. The van der Waals surface area contributed by atoms with E-state index in [1.807, 2.05) is 30.3 Å². The Morgan fingerprint density at radius 1 is 1.15 bits per heavy atom. The molecule has 1 aromatic carbocycles. The summed E-state index contributed by atoms with van der Waals surface area (Å²) in [5.41, 5.74) is 1.92. The number of carbonyl (C=O) groups excluding carboxylic acids is 2. The highest BCUT2D eigenvalue weighted by molar-refractivity contribution is 6.41. The molecule has 1 aliphatic rings. The van der Waals surface area contributed by atoms with Crippen LogP contribution >= 0.6 is 0 Å². The minimum absolute atomic E-state index is 0.0370. The molecule has 1 aliphatic heterocycles. The van der Waals surface area contributed by atoms with Gasteiger partial charge in [0.2, 0.25) is 0 Å². The summed E-state index contributed by atoms with van der Waals surface area (Å²) in [4.78, 5) is 26.7. The minimum Gasteiger partial charge on any atom is -0.319 e. The third kappa shape index (κ3) is 2.64. The molecule has 0 unspecified atom stereocenters. The molecule has 0 saturated carbocycles. The number of hydrogen-bond donors (Lipinski definition) is 0. The second-order valence-electron chi connectivity index (χ2n) is 5.09. The summed E-state index contributed by atoms with van der Waals surface area (Å²) in [5.74, 6) is -0.747. The topological polar surface area (TPSA) is 64.4 Å². The van der Waals surface area contributed by atoms with E-state index in [1.54, 1.807) is 0 Å². The molecule has 2 rings (SSSR count). The van der Waals surface area contributed by atoms with E-state index in [2.05, 4.69) is 13.8 Å². The summed E-state index contributed by atoms with van der Waals surface area (Å²) in [6.07, 6.45) is 0. The summed E-state index contributed by atoms with van der Waals surface area (Å²) in [7, 11) is 0. The Labute approximate surface area is 118 Å². The van der Waals surface area contributed by atoms with Crippen molar-refractivity contribution in [2.24, 2.45) is 0 Å². The first-order valence-corrected chi connectivity index (χ1v) is 6.62. The predicted octanol–water partition coefficient (Wildman–Crippen LogP) is 1.51. The van der Waals surface area contributed by atoms with Crippen molar-refractivity contribution in [3.63, 3.8) is 0 Å². The molecule has 0 aromatic heterocycles. The number of nitriles is 1. The van der Waals surface area contributed by atoms with Gasteiger partial charge in [-0.3, -0.25) is 9.59 Å². The van der Waals surface area contributed by atoms with Gasteiger partial charge in [-0.2, -0.15) is 5.26 Å². The lowest BCUT2D eigenvalue weighted by molar-refractivity contribution is -0.145. The molecule has 0 atom stereocenters. The van der Waals surface area contributed by atoms with Crippen LogP contribution in [-0.2, 0) is 9.59 Å². The third-order valence-corrected chi connectivity index (χ3v) is 3.44. The number of rotatable bonds is 3. The Morgan fingerprint density at radius 2 is 1.80 bits per heavy atom. The first-order chi connectivity index (χ1) is 9.54. The fourth-order valence-electron chi connectivity index (χ4n) is 2.20. The van der Waals surface area contributed by atoms with Crippen molar-refractivity contribution in [3.8, 4) is 6.07 Å². The smallest absolute Gasteiger partial charge is 0.316 e. The van der Waals surface area contributed by atoms with Gasteiger partial charge in [-0.05, 0) is 23.6 Å². The van der Waals surface area contributed by atoms with Gasteiger partial charge >= 0.3 is 11.8 Å². The zero-order chi connectivity index (χ0) is 14.7. The molecular weight excluding hydrogens is 254 g/mol. The van der Waals surface area contributed by atoms with E-state index in [-0.39, 0.29) is 6.54 Å². The Balaban J connectivity index is 2.16. The Kier molecular flexibility index (Phi) is 4.04. The Morgan fingerprint density at radius 3 is 2.35 bits per heavy atom. The summed E-state index contributed by atoms with van der Waals surface area (Å²) < 4.78 is 0. The number of hydrogen-bond acceptors (Lipinski definition) is 3. The Bertz CT molecular complexity index is 557. The number of carbonyl (C=O) groups is 2. The monoisotopic (exact) mass is 271 g/mol. The summed E-state index contributed by atoms with van der Waals surface area (Å²) >= 11 is 0. The van der Waals surface area contributed by atoms with Crippen LogP contribution in [0.3, 0.4) is 0 Å².